The normalized spacial score (nSPS) is 14.5. The second kappa shape index (κ2) is 7.29. The highest BCUT2D eigenvalue weighted by molar-refractivity contribution is 6.31. The van der Waals surface area contributed by atoms with Gasteiger partial charge in [0.05, 0.1) is 5.69 Å². The molecule has 1 saturated heterocycles. The van der Waals surface area contributed by atoms with Gasteiger partial charge in [0.15, 0.2) is 0 Å². The summed E-state index contributed by atoms with van der Waals surface area (Å²) in [6.07, 6.45) is 3.79. The van der Waals surface area contributed by atoms with Crippen molar-refractivity contribution in [2.45, 2.75) is 20.3 Å². The van der Waals surface area contributed by atoms with Crippen LogP contribution in [0.5, 0.6) is 0 Å². The summed E-state index contributed by atoms with van der Waals surface area (Å²) >= 11 is 6.18. The third kappa shape index (κ3) is 3.48. The molecule has 0 N–H and O–H groups in total. The zero-order chi connectivity index (χ0) is 18.8. The van der Waals surface area contributed by atoms with E-state index in [0.717, 1.165) is 17.8 Å². The lowest BCUT2D eigenvalue weighted by atomic mass is 10.2. The van der Waals surface area contributed by atoms with E-state index >= 15 is 0 Å². The van der Waals surface area contributed by atoms with E-state index in [0.29, 0.717) is 29.5 Å². The van der Waals surface area contributed by atoms with Crippen LogP contribution in [0.2, 0.25) is 5.15 Å². The molecule has 1 aliphatic heterocycles. The van der Waals surface area contributed by atoms with Gasteiger partial charge < -0.3 is 0 Å². The number of rotatable bonds is 3. The van der Waals surface area contributed by atoms with Crippen molar-refractivity contribution in [2.24, 2.45) is 7.05 Å². The highest BCUT2D eigenvalue weighted by Gasteiger charge is 2.31. The molecule has 0 aromatic carbocycles. The molecule has 3 heterocycles. The Hall–Kier alpha value is -2.67. The van der Waals surface area contributed by atoms with Crippen molar-refractivity contribution in [2.75, 3.05) is 13.1 Å². The average molecular weight is 374 g/mol. The van der Waals surface area contributed by atoms with Crippen molar-refractivity contribution >= 4 is 29.5 Å². The summed E-state index contributed by atoms with van der Waals surface area (Å²) in [6, 6.07) is 5.27. The molecule has 26 heavy (non-hydrogen) atoms. The first-order valence-electron chi connectivity index (χ1n) is 8.32. The quantitative estimate of drug-likeness (QED) is 0.774. The van der Waals surface area contributed by atoms with E-state index in [1.54, 1.807) is 29.9 Å². The van der Waals surface area contributed by atoms with Gasteiger partial charge in [-0.2, -0.15) is 5.10 Å². The highest BCUT2D eigenvalue weighted by atomic mass is 35.5. The maximum absolute atomic E-state index is 12.7. The Labute approximate surface area is 156 Å². The lowest BCUT2D eigenvalue weighted by Crippen LogP contribution is -2.44. The molecule has 136 valence electrons. The molecule has 0 radical (unpaired) electrons. The summed E-state index contributed by atoms with van der Waals surface area (Å²) in [7, 11) is 1.74. The van der Waals surface area contributed by atoms with Crippen LogP contribution in [0.25, 0.3) is 6.08 Å². The van der Waals surface area contributed by atoms with E-state index in [2.05, 4.69) is 10.1 Å². The van der Waals surface area contributed by atoms with Gasteiger partial charge in [-0.15, -0.1) is 0 Å². The van der Waals surface area contributed by atoms with E-state index in [1.807, 2.05) is 19.9 Å². The Morgan fingerprint density at radius 3 is 2.58 bits per heavy atom. The zero-order valence-electron chi connectivity index (χ0n) is 14.9. The fourth-order valence-corrected chi connectivity index (χ4v) is 3.16. The summed E-state index contributed by atoms with van der Waals surface area (Å²) < 4.78 is 1.55. The van der Waals surface area contributed by atoms with Crippen LogP contribution in [0.15, 0.2) is 24.3 Å². The topological polar surface area (TPSA) is 71.3 Å². The van der Waals surface area contributed by atoms with Crippen LogP contribution < -0.4 is 0 Å². The Morgan fingerprint density at radius 2 is 1.92 bits per heavy atom. The minimum absolute atomic E-state index is 0.274. The molecular formula is C18H20ClN5O2. The first-order valence-corrected chi connectivity index (χ1v) is 8.70. The van der Waals surface area contributed by atoms with Crippen LogP contribution in [-0.2, 0) is 11.8 Å². The highest BCUT2D eigenvalue weighted by Crippen LogP contribution is 2.21. The minimum atomic E-state index is -0.275. The number of aryl methyl sites for hydroxylation is 3. The van der Waals surface area contributed by atoms with Gasteiger partial charge in [0.25, 0.3) is 11.8 Å². The van der Waals surface area contributed by atoms with Crippen molar-refractivity contribution in [1.82, 2.24) is 24.8 Å². The molecule has 1 aliphatic rings. The van der Waals surface area contributed by atoms with Crippen LogP contribution in [0, 0.1) is 13.8 Å². The van der Waals surface area contributed by atoms with Gasteiger partial charge in [-0.3, -0.25) is 14.3 Å². The van der Waals surface area contributed by atoms with E-state index in [1.165, 1.54) is 16.1 Å². The van der Waals surface area contributed by atoms with Crippen LogP contribution in [0.3, 0.4) is 0 Å². The van der Waals surface area contributed by atoms with Crippen molar-refractivity contribution in [1.29, 1.82) is 0 Å². The lowest BCUT2D eigenvalue weighted by molar-refractivity contribution is -0.134. The van der Waals surface area contributed by atoms with Gasteiger partial charge >= 0.3 is 0 Å². The van der Waals surface area contributed by atoms with Gasteiger partial charge in [-0.1, -0.05) is 17.7 Å². The molecule has 2 amide bonds. The summed E-state index contributed by atoms with van der Waals surface area (Å²) in [5.74, 6) is -0.550. The summed E-state index contributed by atoms with van der Waals surface area (Å²) in [5, 5.41) is 7.57. The number of hydrogen-bond acceptors (Lipinski definition) is 4. The number of amides is 2. The number of halogens is 1. The van der Waals surface area contributed by atoms with Crippen LogP contribution in [0.1, 0.15) is 33.9 Å². The van der Waals surface area contributed by atoms with E-state index in [-0.39, 0.29) is 11.8 Å². The third-order valence-electron chi connectivity index (χ3n) is 4.22. The van der Waals surface area contributed by atoms with Gasteiger partial charge in [0.1, 0.15) is 10.8 Å². The Balaban J connectivity index is 1.78. The molecule has 0 unspecified atom stereocenters. The smallest absolute Gasteiger partial charge is 0.268 e. The summed E-state index contributed by atoms with van der Waals surface area (Å²) in [6.45, 7) is 4.62. The van der Waals surface area contributed by atoms with Crippen molar-refractivity contribution in [3.8, 4) is 0 Å². The SMILES string of the molecule is Cc1cccc(C(=O)N2CCCN2C(=O)C=Cc2c(C)nn(C)c2Cl)n1. The zero-order valence-corrected chi connectivity index (χ0v) is 15.7. The van der Waals surface area contributed by atoms with E-state index < -0.39 is 0 Å². The molecule has 7 nitrogen and oxygen atoms in total. The fraction of sp³-hybridized carbons (Fsp3) is 0.333. The molecule has 2 aromatic heterocycles. The number of nitrogens with zero attached hydrogens (tertiary/aromatic N) is 5. The van der Waals surface area contributed by atoms with E-state index in [9.17, 15) is 9.59 Å². The van der Waals surface area contributed by atoms with Gasteiger partial charge in [0, 0.05) is 37.5 Å². The third-order valence-corrected chi connectivity index (χ3v) is 4.66. The predicted octanol–water partition coefficient (Wildman–Crippen LogP) is 2.39. The number of hydrogen-bond donors (Lipinski definition) is 0. The molecule has 0 spiro atoms. The maximum atomic E-state index is 12.7. The standard InChI is InChI=1S/C18H20ClN5O2/c1-12-6-4-7-15(20-12)18(26)24-11-5-10-23(24)16(25)9-8-14-13(2)21-22(3)17(14)19/h4,6-9H,5,10-11H2,1-3H3. The molecule has 2 aromatic rings. The summed E-state index contributed by atoms with van der Waals surface area (Å²) in [5.41, 5.74) is 2.52. The molecule has 0 atom stereocenters. The van der Waals surface area contributed by atoms with Crippen molar-refractivity contribution in [3.05, 3.63) is 52.1 Å². The first-order chi connectivity index (χ1) is 12.4. The van der Waals surface area contributed by atoms with Gasteiger partial charge in [0.2, 0.25) is 0 Å². The Bertz CT molecular complexity index is 890. The molecule has 0 bridgehead atoms. The Morgan fingerprint density at radius 1 is 1.19 bits per heavy atom. The average Bonchev–Trinajstić information content (AvgIpc) is 3.18. The number of pyridine rings is 1. The second-order valence-corrected chi connectivity index (χ2v) is 6.51. The molecule has 3 rings (SSSR count). The molecule has 1 fully saturated rings. The number of hydrazine groups is 1. The van der Waals surface area contributed by atoms with Crippen LogP contribution >= 0.6 is 11.6 Å². The van der Waals surface area contributed by atoms with Crippen molar-refractivity contribution in [3.63, 3.8) is 0 Å². The minimum Gasteiger partial charge on any atom is -0.268 e. The number of carbonyl (C=O) groups is 2. The predicted molar refractivity (Wildman–Crippen MR) is 98.3 cm³/mol. The molecule has 8 heteroatoms. The van der Waals surface area contributed by atoms with Crippen LogP contribution in [-0.4, -0.2) is 49.7 Å². The lowest BCUT2D eigenvalue weighted by Gasteiger charge is -2.26. The van der Waals surface area contributed by atoms with Crippen LogP contribution in [0.4, 0.5) is 0 Å². The molecule has 0 aliphatic carbocycles. The monoisotopic (exact) mass is 373 g/mol. The van der Waals surface area contributed by atoms with E-state index in [4.69, 9.17) is 11.6 Å². The van der Waals surface area contributed by atoms with Gasteiger partial charge in [-0.25, -0.2) is 15.0 Å². The number of carbonyl (C=O) groups excluding carboxylic acids is 2. The second-order valence-electron chi connectivity index (χ2n) is 6.15. The summed E-state index contributed by atoms with van der Waals surface area (Å²) in [4.78, 5) is 29.6. The molecular weight excluding hydrogens is 354 g/mol. The van der Waals surface area contributed by atoms with Gasteiger partial charge in [-0.05, 0) is 38.5 Å². The fourth-order valence-electron chi connectivity index (χ4n) is 2.92. The first kappa shape index (κ1) is 18.1. The maximum Gasteiger partial charge on any atom is 0.291 e. The largest absolute Gasteiger partial charge is 0.291 e. The Kier molecular flexibility index (Phi) is 5.08. The molecule has 0 saturated carbocycles. The van der Waals surface area contributed by atoms with Crippen molar-refractivity contribution < 1.29 is 9.59 Å². The number of aromatic nitrogens is 3.